The molecule has 0 spiro atoms. The van der Waals surface area contributed by atoms with E-state index >= 15 is 0 Å². The number of likely N-dealkylation sites (N-methyl/N-ethyl adjacent to an activating group) is 1. The Labute approximate surface area is 182 Å². The number of amidine groups is 1. The first-order valence-corrected chi connectivity index (χ1v) is 11.1. The third kappa shape index (κ3) is 3.40. The number of nitrogens with zero attached hydrogens (tertiary/aromatic N) is 6. The zero-order valence-electron chi connectivity index (χ0n) is 18.1. The van der Waals surface area contributed by atoms with Gasteiger partial charge in [-0.15, -0.1) is 0 Å². The molecule has 3 amide bonds. The number of benzene rings is 1. The van der Waals surface area contributed by atoms with Crippen molar-refractivity contribution >= 4 is 23.6 Å². The first-order valence-electron chi connectivity index (χ1n) is 11.1. The van der Waals surface area contributed by atoms with Gasteiger partial charge in [-0.25, -0.2) is 9.48 Å². The molecule has 1 fully saturated rings. The van der Waals surface area contributed by atoms with E-state index in [9.17, 15) is 9.59 Å². The average Bonchev–Trinajstić information content (AvgIpc) is 3.44. The predicted molar refractivity (Wildman–Crippen MR) is 119 cm³/mol. The van der Waals surface area contributed by atoms with Crippen LogP contribution in [-0.4, -0.2) is 70.1 Å². The molecule has 0 saturated heterocycles. The van der Waals surface area contributed by atoms with Gasteiger partial charge in [0.25, 0.3) is 0 Å². The summed E-state index contributed by atoms with van der Waals surface area (Å²) in [5.74, 6) is 1.24. The van der Waals surface area contributed by atoms with E-state index in [2.05, 4.69) is 10.1 Å². The minimum atomic E-state index is -0.206. The second-order valence-corrected chi connectivity index (χ2v) is 8.65. The lowest BCUT2D eigenvalue weighted by molar-refractivity contribution is -0.131. The van der Waals surface area contributed by atoms with Crippen molar-refractivity contribution in [3.63, 3.8) is 0 Å². The third-order valence-corrected chi connectivity index (χ3v) is 6.63. The highest BCUT2D eigenvalue weighted by Gasteiger charge is 2.41. The lowest BCUT2D eigenvalue weighted by atomic mass is 9.94. The monoisotopic (exact) mass is 420 g/mol. The van der Waals surface area contributed by atoms with Gasteiger partial charge >= 0.3 is 6.03 Å². The maximum absolute atomic E-state index is 13.4. The van der Waals surface area contributed by atoms with Gasteiger partial charge in [-0.1, -0.05) is 37.0 Å². The minimum Gasteiger partial charge on any atom is -0.341 e. The van der Waals surface area contributed by atoms with Crippen molar-refractivity contribution < 1.29 is 9.59 Å². The summed E-state index contributed by atoms with van der Waals surface area (Å²) in [5.41, 5.74) is 2.80. The summed E-state index contributed by atoms with van der Waals surface area (Å²) in [6.45, 7) is 3.13. The van der Waals surface area contributed by atoms with E-state index in [1.165, 1.54) is 6.42 Å². The maximum Gasteiger partial charge on any atom is 0.331 e. The molecule has 0 radical (unpaired) electrons. The number of anilines is 1. The predicted octanol–water partition coefficient (Wildman–Crippen LogP) is 2.97. The van der Waals surface area contributed by atoms with E-state index in [0.29, 0.717) is 24.7 Å². The van der Waals surface area contributed by atoms with Crippen LogP contribution in [0, 0.1) is 6.92 Å². The first-order chi connectivity index (χ1) is 15.0. The summed E-state index contributed by atoms with van der Waals surface area (Å²) in [5, 5.41) is 4.58. The molecule has 162 valence electrons. The highest BCUT2D eigenvalue weighted by Crippen LogP contribution is 2.33. The van der Waals surface area contributed by atoms with Crippen molar-refractivity contribution in [2.45, 2.75) is 45.1 Å². The molecular formula is C23H28N6O2. The molecule has 3 heterocycles. The Morgan fingerprint density at radius 2 is 1.90 bits per heavy atom. The van der Waals surface area contributed by atoms with Crippen molar-refractivity contribution in [3.8, 4) is 5.69 Å². The number of aromatic nitrogens is 2. The van der Waals surface area contributed by atoms with Gasteiger partial charge in [0.05, 0.1) is 24.0 Å². The highest BCUT2D eigenvalue weighted by atomic mass is 16.2. The molecule has 0 N–H and O–H groups in total. The Hall–Kier alpha value is -3.16. The number of carbonyl (C=O) groups excluding carboxylic acids is 2. The summed E-state index contributed by atoms with van der Waals surface area (Å²) >= 11 is 0. The number of rotatable bonds is 4. The minimum absolute atomic E-state index is 0.000167. The number of aliphatic imine (C=N–C) groups is 1. The third-order valence-electron chi connectivity index (χ3n) is 6.63. The van der Waals surface area contributed by atoms with Crippen LogP contribution in [-0.2, 0) is 4.79 Å². The van der Waals surface area contributed by atoms with Crippen molar-refractivity contribution in [3.05, 3.63) is 41.6 Å². The van der Waals surface area contributed by atoms with E-state index in [4.69, 9.17) is 0 Å². The van der Waals surface area contributed by atoms with Crippen LogP contribution in [0.25, 0.3) is 5.69 Å². The molecule has 1 aromatic heterocycles. The van der Waals surface area contributed by atoms with Gasteiger partial charge < -0.3 is 4.90 Å². The van der Waals surface area contributed by atoms with Gasteiger partial charge in [0.2, 0.25) is 5.91 Å². The lowest BCUT2D eigenvalue weighted by Crippen LogP contribution is -2.54. The number of hydrogen-bond donors (Lipinski definition) is 0. The fourth-order valence-corrected chi connectivity index (χ4v) is 4.80. The zero-order chi connectivity index (χ0) is 21.5. The molecule has 0 atom stereocenters. The van der Waals surface area contributed by atoms with Crippen molar-refractivity contribution in [1.29, 1.82) is 0 Å². The fraction of sp³-hybridized carbons (Fsp3) is 0.478. The maximum atomic E-state index is 13.4. The van der Waals surface area contributed by atoms with Crippen LogP contribution in [0.1, 0.15) is 43.2 Å². The van der Waals surface area contributed by atoms with Gasteiger partial charge in [0.15, 0.2) is 5.82 Å². The number of urea groups is 1. The Kier molecular flexibility index (Phi) is 5.00. The van der Waals surface area contributed by atoms with Crippen LogP contribution in [0.4, 0.5) is 10.6 Å². The van der Waals surface area contributed by atoms with Gasteiger partial charge in [0.1, 0.15) is 12.4 Å². The van der Waals surface area contributed by atoms with E-state index in [1.807, 2.05) is 43.1 Å². The van der Waals surface area contributed by atoms with Gasteiger partial charge in [-0.3, -0.25) is 19.6 Å². The SMILES string of the molecule is Cc1ccc(-n2ncc3c2N(CC(=O)N(C)C2CCCCC2)C(=O)N2CCN=C32)cc1. The fourth-order valence-electron chi connectivity index (χ4n) is 4.80. The Bertz CT molecular complexity index is 1030. The number of carbonyl (C=O) groups is 2. The zero-order valence-corrected chi connectivity index (χ0v) is 18.1. The molecule has 5 rings (SSSR count). The van der Waals surface area contributed by atoms with Gasteiger partial charge in [0, 0.05) is 19.6 Å². The Morgan fingerprint density at radius 3 is 2.65 bits per heavy atom. The topological polar surface area (TPSA) is 74.0 Å². The van der Waals surface area contributed by atoms with Gasteiger partial charge in [-0.2, -0.15) is 5.10 Å². The Morgan fingerprint density at radius 1 is 1.16 bits per heavy atom. The van der Waals surface area contributed by atoms with Crippen LogP contribution in [0.3, 0.4) is 0 Å². The summed E-state index contributed by atoms with van der Waals surface area (Å²) < 4.78 is 1.75. The summed E-state index contributed by atoms with van der Waals surface area (Å²) in [6.07, 6.45) is 7.36. The van der Waals surface area contributed by atoms with Crippen molar-refractivity contribution in [2.24, 2.45) is 4.99 Å². The molecule has 2 aromatic rings. The number of hydrogen-bond acceptors (Lipinski definition) is 4. The number of fused-ring (bicyclic) bond motifs is 3. The first kappa shape index (κ1) is 19.8. The average molecular weight is 421 g/mol. The molecule has 1 aromatic carbocycles. The lowest BCUT2D eigenvalue weighted by Gasteiger charge is -2.36. The number of aryl methyl sites for hydroxylation is 1. The smallest absolute Gasteiger partial charge is 0.331 e. The van der Waals surface area contributed by atoms with Gasteiger partial charge in [-0.05, 0) is 31.9 Å². The van der Waals surface area contributed by atoms with Crippen molar-refractivity contribution in [2.75, 3.05) is 31.6 Å². The molecular weight excluding hydrogens is 392 g/mol. The second-order valence-electron chi connectivity index (χ2n) is 8.65. The van der Waals surface area contributed by atoms with Crippen molar-refractivity contribution in [1.82, 2.24) is 19.6 Å². The normalized spacial score (nSPS) is 18.6. The summed E-state index contributed by atoms with van der Waals surface area (Å²) in [6, 6.07) is 8.03. The van der Waals surface area contributed by atoms with Crippen LogP contribution >= 0.6 is 0 Å². The second kappa shape index (κ2) is 7.83. The highest BCUT2D eigenvalue weighted by molar-refractivity contribution is 6.20. The Balaban J connectivity index is 1.50. The molecule has 1 saturated carbocycles. The summed E-state index contributed by atoms with van der Waals surface area (Å²) in [4.78, 5) is 36.2. The molecule has 8 nitrogen and oxygen atoms in total. The van der Waals surface area contributed by atoms with Crippen LogP contribution in [0.5, 0.6) is 0 Å². The standard InChI is InChI=1S/C23H28N6O2/c1-16-8-10-18(11-9-16)29-22-19(14-25-29)21-24-12-13-27(21)23(31)28(22)15-20(30)26(2)17-6-4-3-5-7-17/h8-11,14,17H,3-7,12-13,15H2,1-2H3. The molecule has 8 heteroatoms. The largest absolute Gasteiger partial charge is 0.341 e. The quantitative estimate of drug-likeness (QED) is 0.763. The van der Waals surface area contributed by atoms with Crippen LogP contribution in [0.2, 0.25) is 0 Å². The van der Waals surface area contributed by atoms with E-state index < -0.39 is 0 Å². The van der Waals surface area contributed by atoms with E-state index in [1.54, 1.807) is 20.7 Å². The molecule has 2 aliphatic heterocycles. The van der Waals surface area contributed by atoms with E-state index in [-0.39, 0.29) is 24.5 Å². The van der Waals surface area contributed by atoms with Crippen LogP contribution < -0.4 is 4.90 Å². The summed E-state index contributed by atoms with van der Waals surface area (Å²) in [7, 11) is 1.87. The van der Waals surface area contributed by atoms with E-state index in [0.717, 1.165) is 42.5 Å². The molecule has 3 aliphatic rings. The molecule has 0 unspecified atom stereocenters. The molecule has 1 aliphatic carbocycles. The molecule has 0 bridgehead atoms. The number of amides is 3. The van der Waals surface area contributed by atoms with Crippen LogP contribution in [0.15, 0.2) is 35.5 Å². The molecule has 31 heavy (non-hydrogen) atoms.